The molecule has 17 heavy (non-hydrogen) atoms. The molecule has 0 spiro atoms. The van der Waals surface area contributed by atoms with Gasteiger partial charge >= 0.3 is 0 Å². The van der Waals surface area contributed by atoms with Crippen LogP contribution in [0, 0.1) is 0 Å². The zero-order valence-corrected chi connectivity index (χ0v) is 10.7. The Labute approximate surface area is 105 Å². The smallest absolute Gasteiger partial charge is 0.147 e. The van der Waals surface area contributed by atoms with E-state index in [1.165, 1.54) is 4.88 Å². The maximum atomic E-state index is 5.55. The monoisotopic (exact) mass is 248 g/mol. The van der Waals surface area contributed by atoms with Crippen LogP contribution < -0.4 is 10.6 Å². The molecule has 0 unspecified atom stereocenters. The Balaban J connectivity index is 1.96. The summed E-state index contributed by atoms with van der Waals surface area (Å²) in [6.45, 7) is 1.36. The van der Waals surface area contributed by atoms with E-state index in [0.29, 0.717) is 6.54 Å². The largest absolute Gasteiger partial charge is 0.358 e. The van der Waals surface area contributed by atoms with Gasteiger partial charge in [0.1, 0.15) is 5.82 Å². The number of aromatic nitrogens is 2. The fourth-order valence-corrected chi connectivity index (χ4v) is 2.22. The lowest BCUT2D eigenvalue weighted by molar-refractivity contribution is 0.847. The molecule has 4 nitrogen and oxygen atoms in total. The Bertz CT molecular complexity index is 455. The first-order valence-electron chi connectivity index (χ1n) is 5.54. The SMILES string of the molecule is CN(CCc1cccs1)c1cncc(CN)n1. The molecular weight excluding hydrogens is 232 g/mol. The van der Waals surface area contributed by atoms with E-state index in [9.17, 15) is 0 Å². The maximum Gasteiger partial charge on any atom is 0.147 e. The summed E-state index contributed by atoms with van der Waals surface area (Å²) in [5.74, 6) is 0.879. The fraction of sp³-hybridized carbons (Fsp3) is 0.333. The minimum atomic E-state index is 0.430. The molecular formula is C12H16N4S. The van der Waals surface area contributed by atoms with Crippen molar-refractivity contribution in [1.29, 1.82) is 0 Å². The van der Waals surface area contributed by atoms with Gasteiger partial charge in [0.15, 0.2) is 0 Å². The first kappa shape index (κ1) is 12.0. The highest BCUT2D eigenvalue weighted by molar-refractivity contribution is 7.09. The number of nitrogens with two attached hydrogens (primary N) is 1. The van der Waals surface area contributed by atoms with Gasteiger partial charge in [0.2, 0.25) is 0 Å². The number of thiophene rings is 1. The van der Waals surface area contributed by atoms with Gasteiger partial charge in [0.25, 0.3) is 0 Å². The van der Waals surface area contributed by atoms with Gasteiger partial charge in [-0.1, -0.05) is 6.07 Å². The molecule has 2 aromatic rings. The standard InChI is InChI=1S/C12H16N4S/c1-16(5-4-11-3-2-6-17-11)12-9-14-8-10(7-13)15-12/h2-3,6,8-9H,4-5,7,13H2,1H3. The number of likely N-dealkylation sites (N-methyl/N-ethyl adjacent to an activating group) is 1. The van der Waals surface area contributed by atoms with Gasteiger partial charge < -0.3 is 10.6 Å². The van der Waals surface area contributed by atoms with Crippen molar-refractivity contribution in [1.82, 2.24) is 9.97 Å². The van der Waals surface area contributed by atoms with E-state index >= 15 is 0 Å². The van der Waals surface area contributed by atoms with Gasteiger partial charge in [-0.25, -0.2) is 4.98 Å². The zero-order valence-electron chi connectivity index (χ0n) is 9.84. The molecule has 2 rings (SSSR count). The molecule has 90 valence electrons. The van der Waals surface area contributed by atoms with E-state index in [1.54, 1.807) is 23.7 Å². The van der Waals surface area contributed by atoms with Gasteiger partial charge in [0, 0.05) is 31.2 Å². The molecule has 0 aliphatic rings. The third-order valence-corrected chi connectivity index (χ3v) is 3.48. The molecule has 0 saturated carbocycles. The molecule has 2 aromatic heterocycles. The van der Waals surface area contributed by atoms with Crippen LogP contribution in [0.1, 0.15) is 10.6 Å². The van der Waals surface area contributed by atoms with Crippen LogP contribution in [0.2, 0.25) is 0 Å². The predicted molar refractivity (Wildman–Crippen MR) is 71.2 cm³/mol. The zero-order chi connectivity index (χ0) is 12.1. The predicted octanol–water partition coefficient (Wildman–Crippen LogP) is 1.68. The number of hydrogen-bond donors (Lipinski definition) is 1. The summed E-state index contributed by atoms with van der Waals surface area (Å²) in [5.41, 5.74) is 6.38. The van der Waals surface area contributed by atoms with Crippen molar-refractivity contribution in [2.75, 3.05) is 18.5 Å². The Morgan fingerprint density at radius 1 is 1.41 bits per heavy atom. The molecule has 0 aliphatic heterocycles. The second-order valence-electron chi connectivity index (χ2n) is 3.82. The van der Waals surface area contributed by atoms with E-state index < -0.39 is 0 Å². The average Bonchev–Trinajstić information content (AvgIpc) is 2.89. The van der Waals surface area contributed by atoms with Crippen molar-refractivity contribution < 1.29 is 0 Å². The van der Waals surface area contributed by atoms with E-state index in [4.69, 9.17) is 5.73 Å². The quantitative estimate of drug-likeness (QED) is 0.874. The lowest BCUT2D eigenvalue weighted by Crippen LogP contribution is -2.22. The summed E-state index contributed by atoms with van der Waals surface area (Å²) in [7, 11) is 2.03. The second kappa shape index (κ2) is 5.75. The van der Waals surface area contributed by atoms with Crippen LogP contribution in [0.3, 0.4) is 0 Å². The highest BCUT2D eigenvalue weighted by Crippen LogP contribution is 2.12. The molecule has 0 atom stereocenters. The van der Waals surface area contributed by atoms with Crippen LogP contribution in [0.4, 0.5) is 5.82 Å². The summed E-state index contributed by atoms with van der Waals surface area (Å²) in [4.78, 5) is 12.1. The summed E-state index contributed by atoms with van der Waals surface area (Å²) in [6.07, 6.45) is 4.51. The summed E-state index contributed by atoms with van der Waals surface area (Å²) >= 11 is 1.79. The lowest BCUT2D eigenvalue weighted by Gasteiger charge is -2.17. The van der Waals surface area contributed by atoms with Crippen molar-refractivity contribution in [3.05, 3.63) is 40.5 Å². The van der Waals surface area contributed by atoms with Crippen molar-refractivity contribution in [2.45, 2.75) is 13.0 Å². The minimum Gasteiger partial charge on any atom is -0.358 e. The molecule has 0 aliphatic carbocycles. The topological polar surface area (TPSA) is 55.0 Å². The highest BCUT2D eigenvalue weighted by Gasteiger charge is 2.04. The fourth-order valence-electron chi connectivity index (χ4n) is 1.52. The Morgan fingerprint density at radius 2 is 2.29 bits per heavy atom. The van der Waals surface area contributed by atoms with Gasteiger partial charge in [-0.05, 0) is 17.9 Å². The molecule has 5 heteroatoms. The van der Waals surface area contributed by atoms with Gasteiger partial charge in [-0.2, -0.15) is 0 Å². The first-order chi connectivity index (χ1) is 8.29. The number of nitrogens with zero attached hydrogens (tertiary/aromatic N) is 3. The van der Waals surface area contributed by atoms with Crippen LogP contribution in [0.15, 0.2) is 29.9 Å². The second-order valence-corrected chi connectivity index (χ2v) is 4.86. The number of hydrogen-bond acceptors (Lipinski definition) is 5. The number of rotatable bonds is 5. The van der Waals surface area contributed by atoms with Crippen LogP contribution in [0.25, 0.3) is 0 Å². The molecule has 0 fully saturated rings. The summed E-state index contributed by atoms with van der Waals surface area (Å²) in [5, 5.41) is 2.10. The third-order valence-electron chi connectivity index (χ3n) is 2.55. The van der Waals surface area contributed by atoms with Crippen molar-refractivity contribution in [3.8, 4) is 0 Å². The Kier molecular flexibility index (Phi) is 4.06. The van der Waals surface area contributed by atoms with Crippen molar-refractivity contribution in [2.24, 2.45) is 5.73 Å². The summed E-state index contributed by atoms with van der Waals surface area (Å²) < 4.78 is 0. The first-order valence-corrected chi connectivity index (χ1v) is 6.42. The van der Waals surface area contributed by atoms with Crippen LogP contribution in [-0.4, -0.2) is 23.6 Å². The molecule has 0 saturated heterocycles. The molecule has 2 heterocycles. The van der Waals surface area contributed by atoms with Crippen molar-refractivity contribution >= 4 is 17.2 Å². The normalized spacial score (nSPS) is 10.5. The van der Waals surface area contributed by atoms with Gasteiger partial charge in [0.05, 0.1) is 11.9 Å². The maximum absolute atomic E-state index is 5.55. The molecule has 0 aromatic carbocycles. The van der Waals surface area contributed by atoms with Crippen LogP contribution >= 0.6 is 11.3 Å². The van der Waals surface area contributed by atoms with Gasteiger partial charge in [-0.3, -0.25) is 4.98 Å². The minimum absolute atomic E-state index is 0.430. The highest BCUT2D eigenvalue weighted by atomic mass is 32.1. The molecule has 0 bridgehead atoms. The van der Waals surface area contributed by atoms with E-state index in [1.807, 2.05) is 7.05 Å². The van der Waals surface area contributed by atoms with E-state index in [2.05, 4.69) is 32.4 Å². The molecule has 0 radical (unpaired) electrons. The van der Waals surface area contributed by atoms with Crippen LogP contribution in [0.5, 0.6) is 0 Å². The summed E-state index contributed by atoms with van der Waals surface area (Å²) in [6, 6.07) is 4.23. The Morgan fingerprint density at radius 3 is 3.00 bits per heavy atom. The van der Waals surface area contributed by atoms with E-state index in [0.717, 1.165) is 24.5 Å². The number of anilines is 1. The van der Waals surface area contributed by atoms with E-state index in [-0.39, 0.29) is 0 Å². The molecule has 2 N–H and O–H groups in total. The Hall–Kier alpha value is -1.46. The van der Waals surface area contributed by atoms with Gasteiger partial charge in [-0.15, -0.1) is 11.3 Å². The molecule has 0 amide bonds. The van der Waals surface area contributed by atoms with Crippen molar-refractivity contribution in [3.63, 3.8) is 0 Å². The average molecular weight is 248 g/mol. The third kappa shape index (κ3) is 3.25. The lowest BCUT2D eigenvalue weighted by atomic mass is 10.3. The van der Waals surface area contributed by atoms with Crippen LogP contribution in [-0.2, 0) is 13.0 Å².